The van der Waals surface area contributed by atoms with Crippen LogP contribution in [0.1, 0.15) is 6.92 Å². The van der Waals surface area contributed by atoms with Crippen LogP contribution in [0.4, 0.5) is 0 Å². The first-order valence-corrected chi connectivity index (χ1v) is 2.98. The summed E-state index contributed by atoms with van der Waals surface area (Å²) in [6.45, 7) is 4.50. The van der Waals surface area contributed by atoms with Gasteiger partial charge in [-0.2, -0.15) is 5.26 Å². The summed E-state index contributed by atoms with van der Waals surface area (Å²) >= 11 is 0. The monoisotopic (exact) mass is 155 g/mol. The van der Waals surface area contributed by atoms with E-state index in [0.717, 1.165) is 0 Å². The Labute approximate surface area is 64.7 Å². The molecule has 0 bridgehead atoms. The van der Waals surface area contributed by atoms with Gasteiger partial charge in [0.2, 0.25) is 0 Å². The highest BCUT2D eigenvalue weighted by Crippen LogP contribution is 1.92. The number of rotatable bonds is 3. The van der Waals surface area contributed by atoms with E-state index in [1.807, 2.05) is 0 Å². The van der Waals surface area contributed by atoms with Crippen molar-refractivity contribution in [1.82, 2.24) is 0 Å². The van der Waals surface area contributed by atoms with Crippen molar-refractivity contribution in [1.29, 1.82) is 5.26 Å². The maximum absolute atomic E-state index is 10.6. The Balaban J connectivity index is 3.65. The largest absolute Gasteiger partial charge is 0.458 e. The van der Waals surface area contributed by atoms with Gasteiger partial charge in [-0.05, 0) is 6.92 Å². The lowest BCUT2D eigenvalue weighted by atomic mass is 10.3. The highest BCUT2D eigenvalue weighted by Gasteiger charge is 2.06. The second-order valence-corrected chi connectivity index (χ2v) is 2.02. The van der Waals surface area contributed by atoms with E-state index >= 15 is 0 Å². The molecule has 0 heterocycles. The van der Waals surface area contributed by atoms with Crippen LogP contribution in [0, 0.1) is 11.3 Å². The molecule has 1 atom stereocenters. The van der Waals surface area contributed by atoms with Crippen LogP contribution in [0.3, 0.4) is 0 Å². The zero-order valence-corrected chi connectivity index (χ0v) is 6.20. The number of hydrogen-bond donors (Lipinski definition) is 1. The van der Waals surface area contributed by atoms with E-state index in [0.29, 0.717) is 0 Å². The van der Waals surface area contributed by atoms with Crippen molar-refractivity contribution in [2.75, 3.05) is 6.61 Å². The maximum Gasteiger partial charge on any atom is 0.333 e. The van der Waals surface area contributed by atoms with Crippen molar-refractivity contribution in [3.8, 4) is 6.07 Å². The summed E-state index contributed by atoms with van der Waals surface area (Å²) in [7, 11) is 0. The predicted molar refractivity (Wildman–Crippen MR) is 37.4 cm³/mol. The fraction of sp³-hybridized carbons (Fsp3) is 0.429. The summed E-state index contributed by atoms with van der Waals surface area (Å²) < 4.78 is 4.45. The number of nitriles is 1. The van der Waals surface area contributed by atoms with Crippen LogP contribution < -0.4 is 0 Å². The van der Waals surface area contributed by atoms with E-state index in [4.69, 9.17) is 10.4 Å². The lowest BCUT2D eigenvalue weighted by Crippen LogP contribution is -2.16. The molecule has 0 aromatic heterocycles. The van der Waals surface area contributed by atoms with E-state index in [9.17, 15) is 4.79 Å². The minimum absolute atomic E-state index is 0.245. The van der Waals surface area contributed by atoms with Crippen LogP contribution >= 0.6 is 0 Å². The minimum Gasteiger partial charge on any atom is -0.458 e. The second kappa shape index (κ2) is 4.47. The SMILES string of the molecule is C=C(C)C(=O)OCC(O)C#N. The smallest absolute Gasteiger partial charge is 0.333 e. The van der Waals surface area contributed by atoms with Crippen LogP contribution in [0.2, 0.25) is 0 Å². The molecule has 0 aliphatic heterocycles. The Hall–Kier alpha value is -1.34. The molecule has 0 saturated heterocycles. The number of ether oxygens (including phenoxy) is 1. The minimum atomic E-state index is -1.25. The third kappa shape index (κ3) is 4.12. The van der Waals surface area contributed by atoms with E-state index in [1.54, 1.807) is 0 Å². The van der Waals surface area contributed by atoms with Crippen LogP contribution in [0.15, 0.2) is 12.2 Å². The van der Waals surface area contributed by atoms with Crippen molar-refractivity contribution >= 4 is 5.97 Å². The number of nitrogens with zero attached hydrogens (tertiary/aromatic N) is 1. The average Bonchev–Trinajstić information content (AvgIpc) is 1.99. The van der Waals surface area contributed by atoms with E-state index in [1.165, 1.54) is 13.0 Å². The molecular weight excluding hydrogens is 146 g/mol. The van der Waals surface area contributed by atoms with Gasteiger partial charge in [-0.15, -0.1) is 0 Å². The first-order valence-electron chi connectivity index (χ1n) is 2.98. The van der Waals surface area contributed by atoms with Crippen LogP contribution in [-0.2, 0) is 9.53 Å². The van der Waals surface area contributed by atoms with Gasteiger partial charge in [0.15, 0.2) is 6.10 Å². The van der Waals surface area contributed by atoms with Gasteiger partial charge in [0.05, 0.1) is 6.07 Å². The fourth-order valence-corrected chi connectivity index (χ4v) is 0.315. The second-order valence-electron chi connectivity index (χ2n) is 2.02. The molecular formula is C7H9NO3. The Morgan fingerprint density at radius 3 is 2.82 bits per heavy atom. The van der Waals surface area contributed by atoms with E-state index in [-0.39, 0.29) is 12.2 Å². The molecule has 0 spiro atoms. The molecule has 0 saturated carbocycles. The third-order valence-corrected chi connectivity index (χ3v) is 0.870. The van der Waals surface area contributed by atoms with Crippen LogP contribution in [0.25, 0.3) is 0 Å². The van der Waals surface area contributed by atoms with Gasteiger partial charge < -0.3 is 9.84 Å². The summed E-state index contributed by atoms with van der Waals surface area (Å²) in [5.74, 6) is -0.598. The van der Waals surface area contributed by atoms with Crippen molar-refractivity contribution in [2.45, 2.75) is 13.0 Å². The number of hydrogen-bond acceptors (Lipinski definition) is 4. The van der Waals surface area contributed by atoms with Gasteiger partial charge in [0.25, 0.3) is 0 Å². The average molecular weight is 155 g/mol. The van der Waals surface area contributed by atoms with Crippen LogP contribution in [0.5, 0.6) is 0 Å². The van der Waals surface area contributed by atoms with Gasteiger partial charge in [-0.1, -0.05) is 6.58 Å². The van der Waals surface area contributed by atoms with Gasteiger partial charge >= 0.3 is 5.97 Å². The highest BCUT2D eigenvalue weighted by molar-refractivity contribution is 5.86. The first-order chi connectivity index (χ1) is 5.07. The number of carbonyl (C=O) groups is 1. The van der Waals surface area contributed by atoms with Gasteiger partial charge in [-0.25, -0.2) is 4.79 Å². The molecule has 0 aromatic rings. The zero-order valence-electron chi connectivity index (χ0n) is 6.20. The number of aliphatic hydroxyl groups is 1. The lowest BCUT2D eigenvalue weighted by molar-refractivity contribution is -0.140. The molecule has 0 amide bonds. The normalized spacial score (nSPS) is 11.4. The van der Waals surface area contributed by atoms with Crippen LogP contribution in [-0.4, -0.2) is 23.8 Å². The highest BCUT2D eigenvalue weighted by atomic mass is 16.5. The molecule has 60 valence electrons. The first kappa shape index (κ1) is 9.66. The summed E-state index contributed by atoms with van der Waals surface area (Å²) in [6, 6.07) is 1.51. The number of carbonyl (C=O) groups excluding carboxylic acids is 1. The molecule has 4 nitrogen and oxygen atoms in total. The molecule has 0 rings (SSSR count). The van der Waals surface area contributed by atoms with E-state index in [2.05, 4.69) is 11.3 Å². The molecule has 0 fully saturated rings. The molecule has 11 heavy (non-hydrogen) atoms. The molecule has 1 N–H and O–H groups in total. The molecule has 0 aliphatic carbocycles. The molecule has 0 aromatic carbocycles. The Kier molecular flexibility index (Phi) is 3.93. The molecule has 1 unspecified atom stereocenters. The summed E-state index contributed by atoms with van der Waals surface area (Å²) in [4.78, 5) is 10.6. The fourth-order valence-electron chi connectivity index (χ4n) is 0.315. The van der Waals surface area contributed by atoms with Crippen molar-refractivity contribution in [2.24, 2.45) is 0 Å². The van der Waals surface area contributed by atoms with Gasteiger partial charge in [0.1, 0.15) is 6.61 Å². The predicted octanol–water partition coefficient (Wildman–Crippen LogP) is -0.00982. The topological polar surface area (TPSA) is 70.3 Å². The molecule has 0 radical (unpaired) electrons. The van der Waals surface area contributed by atoms with Crippen molar-refractivity contribution in [3.05, 3.63) is 12.2 Å². The maximum atomic E-state index is 10.6. The van der Waals surface area contributed by atoms with E-state index < -0.39 is 12.1 Å². The van der Waals surface area contributed by atoms with Gasteiger partial charge in [-0.3, -0.25) is 0 Å². The summed E-state index contributed by atoms with van der Waals surface area (Å²) in [6.07, 6.45) is -1.25. The van der Waals surface area contributed by atoms with Crippen molar-refractivity contribution in [3.63, 3.8) is 0 Å². The Morgan fingerprint density at radius 2 is 2.45 bits per heavy atom. The summed E-state index contributed by atoms with van der Waals surface area (Å²) in [5.41, 5.74) is 0.245. The zero-order chi connectivity index (χ0) is 8.85. The number of esters is 1. The number of aliphatic hydroxyl groups excluding tert-OH is 1. The van der Waals surface area contributed by atoms with Crippen molar-refractivity contribution < 1.29 is 14.6 Å². The Bertz CT molecular complexity index is 204. The summed E-state index contributed by atoms with van der Waals surface area (Å²) in [5, 5.41) is 16.7. The molecule has 0 aliphatic rings. The quantitative estimate of drug-likeness (QED) is 0.353. The molecule has 4 heteroatoms. The third-order valence-electron chi connectivity index (χ3n) is 0.870. The van der Waals surface area contributed by atoms with Gasteiger partial charge in [0, 0.05) is 5.57 Å². The lowest BCUT2D eigenvalue weighted by Gasteiger charge is -2.03. The standard InChI is InChI=1S/C7H9NO3/c1-5(2)7(10)11-4-6(9)3-8/h6,9H,1,4H2,2H3. The Morgan fingerprint density at radius 1 is 1.91 bits per heavy atom.